The summed E-state index contributed by atoms with van der Waals surface area (Å²) >= 11 is 0. The average Bonchev–Trinajstić information content (AvgIpc) is 2.61. The summed E-state index contributed by atoms with van der Waals surface area (Å²) in [6.45, 7) is 1.38. The van der Waals surface area contributed by atoms with Crippen LogP contribution in [0.25, 0.3) is 22.3 Å². The molecule has 0 saturated heterocycles. The third-order valence-electron chi connectivity index (χ3n) is 3.88. The van der Waals surface area contributed by atoms with Gasteiger partial charge in [0.1, 0.15) is 29.4 Å². The standard InChI is InChI=1S/C20H21NO4/c1-21(2)10-11-24-16-8-9-17-18(22)13-19(25-20(17)12-16)14-4-6-15(23-3)7-5-14/h4-9,12-13H,10-11H2,1-3H3. The van der Waals surface area contributed by atoms with Crippen LogP contribution in [0.4, 0.5) is 0 Å². The van der Waals surface area contributed by atoms with E-state index >= 15 is 0 Å². The molecule has 1 heterocycles. The minimum atomic E-state index is -0.0769. The summed E-state index contributed by atoms with van der Waals surface area (Å²) in [4.78, 5) is 14.4. The highest BCUT2D eigenvalue weighted by Gasteiger charge is 2.08. The molecular weight excluding hydrogens is 318 g/mol. The minimum Gasteiger partial charge on any atom is -0.497 e. The van der Waals surface area contributed by atoms with Gasteiger partial charge >= 0.3 is 0 Å². The molecule has 0 aliphatic rings. The minimum absolute atomic E-state index is 0.0769. The maximum atomic E-state index is 12.4. The predicted octanol–water partition coefficient (Wildman–Crippen LogP) is 3.41. The van der Waals surface area contributed by atoms with Gasteiger partial charge in [-0.05, 0) is 50.5 Å². The van der Waals surface area contributed by atoms with Gasteiger partial charge in [0.2, 0.25) is 0 Å². The van der Waals surface area contributed by atoms with Crippen molar-refractivity contribution in [3.63, 3.8) is 0 Å². The molecule has 0 radical (unpaired) electrons. The highest BCUT2D eigenvalue weighted by atomic mass is 16.5. The molecule has 0 aliphatic heterocycles. The first-order valence-electron chi connectivity index (χ1n) is 8.06. The zero-order valence-corrected chi connectivity index (χ0v) is 14.6. The second-order valence-corrected chi connectivity index (χ2v) is 6.01. The second-order valence-electron chi connectivity index (χ2n) is 6.01. The fourth-order valence-corrected chi connectivity index (χ4v) is 2.47. The summed E-state index contributed by atoms with van der Waals surface area (Å²) in [5.41, 5.74) is 1.26. The van der Waals surface area contributed by atoms with Gasteiger partial charge in [0.25, 0.3) is 0 Å². The molecule has 5 heteroatoms. The molecule has 0 fully saturated rings. The van der Waals surface area contributed by atoms with E-state index in [4.69, 9.17) is 13.9 Å². The van der Waals surface area contributed by atoms with Crippen molar-refractivity contribution in [1.82, 2.24) is 4.90 Å². The molecule has 25 heavy (non-hydrogen) atoms. The number of hydrogen-bond donors (Lipinski definition) is 0. The summed E-state index contributed by atoms with van der Waals surface area (Å²) in [6, 6.07) is 14.2. The van der Waals surface area contributed by atoms with Crippen LogP contribution >= 0.6 is 0 Å². The fraction of sp³-hybridized carbons (Fsp3) is 0.250. The van der Waals surface area contributed by atoms with Gasteiger partial charge in [0.15, 0.2) is 5.43 Å². The Morgan fingerprint density at radius 3 is 2.40 bits per heavy atom. The quantitative estimate of drug-likeness (QED) is 0.689. The van der Waals surface area contributed by atoms with Crippen molar-refractivity contribution in [2.45, 2.75) is 0 Å². The lowest BCUT2D eigenvalue weighted by Crippen LogP contribution is -2.19. The van der Waals surface area contributed by atoms with Crippen LogP contribution in [-0.2, 0) is 0 Å². The molecule has 0 unspecified atom stereocenters. The van der Waals surface area contributed by atoms with Crippen molar-refractivity contribution >= 4 is 11.0 Å². The summed E-state index contributed by atoms with van der Waals surface area (Å²) in [5, 5.41) is 0.539. The normalized spacial score (nSPS) is 11.0. The molecular formula is C20H21NO4. The van der Waals surface area contributed by atoms with E-state index < -0.39 is 0 Å². The number of methoxy groups -OCH3 is 1. The second kappa shape index (κ2) is 7.40. The molecule has 0 atom stereocenters. The van der Waals surface area contributed by atoms with E-state index in [1.165, 1.54) is 6.07 Å². The Balaban J connectivity index is 1.93. The SMILES string of the molecule is COc1ccc(-c2cc(=O)c3ccc(OCCN(C)C)cc3o2)cc1. The third kappa shape index (κ3) is 4.00. The third-order valence-corrected chi connectivity index (χ3v) is 3.88. The van der Waals surface area contributed by atoms with Crippen molar-refractivity contribution in [2.24, 2.45) is 0 Å². The van der Waals surface area contributed by atoms with Crippen LogP contribution in [0.5, 0.6) is 11.5 Å². The molecule has 130 valence electrons. The van der Waals surface area contributed by atoms with Gasteiger partial charge in [-0.1, -0.05) is 0 Å². The molecule has 0 bridgehead atoms. The molecule has 3 rings (SSSR count). The van der Waals surface area contributed by atoms with E-state index in [1.807, 2.05) is 43.3 Å². The van der Waals surface area contributed by atoms with Gasteiger partial charge in [-0.3, -0.25) is 4.79 Å². The number of likely N-dealkylation sites (N-methyl/N-ethyl adjacent to an activating group) is 1. The van der Waals surface area contributed by atoms with E-state index in [1.54, 1.807) is 25.3 Å². The lowest BCUT2D eigenvalue weighted by molar-refractivity contribution is 0.261. The number of benzene rings is 2. The van der Waals surface area contributed by atoms with Crippen LogP contribution in [0.2, 0.25) is 0 Å². The Hall–Kier alpha value is -2.79. The van der Waals surface area contributed by atoms with Gasteiger partial charge in [0.05, 0.1) is 12.5 Å². The van der Waals surface area contributed by atoms with E-state index in [9.17, 15) is 4.79 Å². The average molecular weight is 339 g/mol. The lowest BCUT2D eigenvalue weighted by atomic mass is 10.1. The van der Waals surface area contributed by atoms with Crippen LogP contribution in [0, 0.1) is 0 Å². The van der Waals surface area contributed by atoms with E-state index in [0.29, 0.717) is 29.1 Å². The summed E-state index contributed by atoms with van der Waals surface area (Å²) in [5.74, 6) is 1.96. The first-order chi connectivity index (χ1) is 12.1. The first-order valence-corrected chi connectivity index (χ1v) is 8.06. The molecule has 0 aliphatic carbocycles. The van der Waals surface area contributed by atoms with E-state index in [2.05, 4.69) is 0 Å². The van der Waals surface area contributed by atoms with Crippen molar-refractivity contribution in [2.75, 3.05) is 34.4 Å². The maximum Gasteiger partial charge on any atom is 0.193 e. The van der Waals surface area contributed by atoms with Crippen LogP contribution < -0.4 is 14.9 Å². The van der Waals surface area contributed by atoms with Gasteiger partial charge in [-0.2, -0.15) is 0 Å². The van der Waals surface area contributed by atoms with Crippen LogP contribution in [0.1, 0.15) is 0 Å². The van der Waals surface area contributed by atoms with E-state index in [0.717, 1.165) is 17.9 Å². The van der Waals surface area contributed by atoms with Crippen LogP contribution in [0.15, 0.2) is 57.7 Å². The molecule has 3 aromatic rings. The largest absolute Gasteiger partial charge is 0.497 e. The molecule has 1 aromatic heterocycles. The Labute approximate surface area is 146 Å². The number of fused-ring (bicyclic) bond motifs is 1. The molecule has 0 spiro atoms. The monoisotopic (exact) mass is 339 g/mol. The zero-order chi connectivity index (χ0) is 17.8. The first kappa shape index (κ1) is 17.0. The topological polar surface area (TPSA) is 51.9 Å². The molecule has 5 nitrogen and oxygen atoms in total. The van der Waals surface area contributed by atoms with Gasteiger partial charge in [-0.15, -0.1) is 0 Å². The maximum absolute atomic E-state index is 12.4. The van der Waals surface area contributed by atoms with Crippen molar-refractivity contribution in [3.8, 4) is 22.8 Å². The van der Waals surface area contributed by atoms with Crippen molar-refractivity contribution in [1.29, 1.82) is 0 Å². The Bertz CT molecular complexity index is 913. The number of hydrogen-bond acceptors (Lipinski definition) is 5. The van der Waals surface area contributed by atoms with Gasteiger partial charge < -0.3 is 18.8 Å². The van der Waals surface area contributed by atoms with Gasteiger partial charge in [0, 0.05) is 24.2 Å². The summed E-state index contributed by atoms with van der Waals surface area (Å²) in [7, 11) is 5.59. The molecule has 2 aromatic carbocycles. The van der Waals surface area contributed by atoms with Crippen molar-refractivity contribution in [3.05, 3.63) is 58.8 Å². The number of ether oxygens (including phenoxy) is 2. The Kier molecular flexibility index (Phi) is 5.05. The molecule has 0 amide bonds. The summed E-state index contributed by atoms with van der Waals surface area (Å²) in [6.07, 6.45) is 0. The highest BCUT2D eigenvalue weighted by molar-refractivity contribution is 5.80. The smallest absolute Gasteiger partial charge is 0.193 e. The lowest BCUT2D eigenvalue weighted by Gasteiger charge is -2.11. The molecule has 0 N–H and O–H groups in total. The van der Waals surface area contributed by atoms with Gasteiger partial charge in [-0.25, -0.2) is 0 Å². The highest BCUT2D eigenvalue weighted by Crippen LogP contribution is 2.26. The summed E-state index contributed by atoms with van der Waals surface area (Å²) < 4.78 is 16.8. The number of nitrogens with zero attached hydrogens (tertiary/aromatic N) is 1. The van der Waals surface area contributed by atoms with Crippen LogP contribution in [0.3, 0.4) is 0 Å². The fourth-order valence-electron chi connectivity index (χ4n) is 2.47. The molecule has 0 saturated carbocycles. The number of rotatable bonds is 6. The predicted molar refractivity (Wildman–Crippen MR) is 98.5 cm³/mol. The zero-order valence-electron chi connectivity index (χ0n) is 14.6. The van der Waals surface area contributed by atoms with Crippen LogP contribution in [-0.4, -0.2) is 39.3 Å². The Morgan fingerprint density at radius 1 is 1.00 bits per heavy atom. The Morgan fingerprint density at radius 2 is 1.72 bits per heavy atom. The van der Waals surface area contributed by atoms with Crippen molar-refractivity contribution < 1.29 is 13.9 Å². The van der Waals surface area contributed by atoms with E-state index in [-0.39, 0.29) is 5.43 Å².